The number of ether oxygens (including phenoxy) is 1. The average molecular weight is 359 g/mol. The molecule has 0 aromatic heterocycles. The summed E-state index contributed by atoms with van der Waals surface area (Å²) in [5.41, 5.74) is 5.93. The number of nitrogen functional groups attached to an aromatic ring is 1. The molecule has 0 aliphatic heterocycles. The molecule has 0 bridgehead atoms. The van der Waals surface area contributed by atoms with Gasteiger partial charge in [-0.15, -0.1) is 0 Å². The molecule has 0 unspecified atom stereocenters. The van der Waals surface area contributed by atoms with E-state index >= 15 is 0 Å². The molecule has 0 spiro atoms. The molecule has 0 aliphatic carbocycles. The number of nitrogens with two attached hydrogens (primary N) is 1. The average Bonchev–Trinajstić information content (AvgIpc) is 2.42. The minimum Gasteiger partial charge on any atom is -0.497 e. The van der Waals surface area contributed by atoms with Crippen molar-refractivity contribution in [2.24, 2.45) is 0 Å². The molecule has 2 aromatic rings. The summed E-state index contributed by atoms with van der Waals surface area (Å²) in [5, 5.41) is 0.254. The van der Waals surface area contributed by atoms with E-state index in [1.165, 1.54) is 19.2 Å². The summed E-state index contributed by atoms with van der Waals surface area (Å²) in [6, 6.07) is 7.15. The molecule has 0 atom stereocenters. The van der Waals surface area contributed by atoms with Crippen molar-refractivity contribution >= 4 is 39.0 Å². The summed E-state index contributed by atoms with van der Waals surface area (Å²) in [6.07, 6.45) is 0. The van der Waals surface area contributed by atoms with Crippen molar-refractivity contribution in [3.05, 3.63) is 56.8 Å². The van der Waals surface area contributed by atoms with Crippen LogP contribution in [0.2, 0.25) is 5.02 Å². The topological polar surface area (TPSA) is 52.3 Å². The summed E-state index contributed by atoms with van der Waals surface area (Å²) in [6.45, 7) is 0. The molecule has 0 aliphatic rings. The van der Waals surface area contributed by atoms with Gasteiger partial charge in [0.1, 0.15) is 11.6 Å². The lowest BCUT2D eigenvalue weighted by Crippen LogP contribution is -2.05. The van der Waals surface area contributed by atoms with Crippen LogP contribution in [-0.2, 0) is 0 Å². The van der Waals surface area contributed by atoms with Crippen molar-refractivity contribution in [3.8, 4) is 5.75 Å². The minimum absolute atomic E-state index is 0.0961. The molecule has 0 fully saturated rings. The number of benzene rings is 2. The van der Waals surface area contributed by atoms with Crippen LogP contribution < -0.4 is 10.5 Å². The minimum atomic E-state index is -0.589. The Morgan fingerprint density at radius 1 is 1.30 bits per heavy atom. The highest BCUT2D eigenvalue weighted by Gasteiger charge is 2.18. The van der Waals surface area contributed by atoms with Gasteiger partial charge in [0.15, 0.2) is 5.78 Å². The Bertz CT molecular complexity index is 691. The van der Waals surface area contributed by atoms with Crippen LogP contribution in [0.5, 0.6) is 5.75 Å². The van der Waals surface area contributed by atoms with E-state index < -0.39 is 5.82 Å². The first-order chi connectivity index (χ1) is 9.43. The quantitative estimate of drug-likeness (QED) is 0.665. The van der Waals surface area contributed by atoms with Gasteiger partial charge in [0.2, 0.25) is 0 Å². The monoisotopic (exact) mass is 357 g/mol. The van der Waals surface area contributed by atoms with Gasteiger partial charge in [0, 0.05) is 15.6 Å². The van der Waals surface area contributed by atoms with E-state index in [2.05, 4.69) is 15.9 Å². The first kappa shape index (κ1) is 14.8. The predicted octanol–water partition coefficient (Wildman–Crippen LogP) is 4.06. The molecular weight excluding hydrogens is 349 g/mol. The van der Waals surface area contributed by atoms with E-state index in [0.29, 0.717) is 15.8 Å². The van der Waals surface area contributed by atoms with Crippen LogP contribution in [0.4, 0.5) is 10.1 Å². The van der Waals surface area contributed by atoms with E-state index in [9.17, 15) is 9.18 Å². The zero-order valence-electron chi connectivity index (χ0n) is 10.4. The maximum atomic E-state index is 13.3. The third-order valence-electron chi connectivity index (χ3n) is 2.75. The lowest BCUT2D eigenvalue weighted by Gasteiger charge is -2.09. The molecule has 3 nitrogen and oxygen atoms in total. The van der Waals surface area contributed by atoms with Gasteiger partial charge in [-0.3, -0.25) is 4.79 Å². The van der Waals surface area contributed by atoms with Gasteiger partial charge >= 0.3 is 0 Å². The normalized spacial score (nSPS) is 10.4. The van der Waals surface area contributed by atoms with Crippen molar-refractivity contribution in [1.29, 1.82) is 0 Å². The van der Waals surface area contributed by atoms with Crippen molar-refractivity contribution in [2.45, 2.75) is 0 Å². The van der Waals surface area contributed by atoms with E-state index in [-0.39, 0.29) is 22.1 Å². The number of methoxy groups -OCH3 is 1. The number of carbonyl (C=O) groups is 1. The van der Waals surface area contributed by atoms with Crippen LogP contribution in [0.25, 0.3) is 0 Å². The Morgan fingerprint density at radius 3 is 2.60 bits per heavy atom. The molecule has 2 aromatic carbocycles. The Labute approximate surface area is 128 Å². The molecule has 2 rings (SSSR count). The number of halogens is 3. The van der Waals surface area contributed by atoms with Crippen LogP contribution in [0.3, 0.4) is 0 Å². The van der Waals surface area contributed by atoms with Gasteiger partial charge in [-0.2, -0.15) is 0 Å². The number of ketones is 1. The van der Waals surface area contributed by atoms with Gasteiger partial charge in [-0.25, -0.2) is 4.39 Å². The fourth-order valence-corrected chi connectivity index (χ4v) is 2.44. The second-order valence-corrected chi connectivity index (χ2v) is 5.29. The van der Waals surface area contributed by atoms with Gasteiger partial charge in [-0.1, -0.05) is 11.6 Å². The highest BCUT2D eigenvalue weighted by atomic mass is 79.9. The zero-order valence-corrected chi connectivity index (χ0v) is 12.8. The molecule has 0 heterocycles. The van der Waals surface area contributed by atoms with Crippen LogP contribution in [0.15, 0.2) is 34.8 Å². The molecular formula is C14H10BrClFNO2. The number of carbonyl (C=O) groups excluding carboxylic acids is 1. The summed E-state index contributed by atoms with van der Waals surface area (Å²) < 4.78 is 18.6. The fourth-order valence-electron chi connectivity index (χ4n) is 1.69. The van der Waals surface area contributed by atoms with Crippen LogP contribution in [0.1, 0.15) is 15.9 Å². The third kappa shape index (κ3) is 2.78. The SMILES string of the molecule is COc1ccc(C(=O)c2cc(N)c(F)cc2Br)c(Cl)c1. The summed E-state index contributed by atoms with van der Waals surface area (Å²) >= 11 is 9.20. The molecule has 104 valence electrons. The number of hydrogen-bond acceptors (Lipinski definition) is 3. The maximum Gasteiger partial charge on any atom is 0.195 e. The highest BCUT2D eigenvalue weighted by molar-refractivity contribution is 9.10. The molecule has 20 heavy (non-hydrogen) atoms. The fraction of sp³-hybridized carbons (Fsp3) is 0.0714. The van der Waals surface area contributed by atoms with Crippen molar-refractivity contribution < 1.29 is 13.9 Å². The third-order valence-corrected chi connectivity index (χ3v) is 3.72. The summed E-state index contributed by atoms with van der Waals surface area (Å²) in [5.74, 6) is -0.394. The maximum absolute atomic E-state index is 13.3. The van der Waals surface area contributed by atoms with Gasteiger partial charge < -0.3 is 10.5 Å². The molecule has 2 N–H and O–H groups in total. The van der Waals surface area contributed by atoms with Crippen molar-refractivity contribution in [3.63, 3.8) is 0 Å². The molecule has 6 heteroatoms. The van der Waals surface area contributed by atoms with Gasteiger partial charge in [-0.05, 0) is 46.3 Å². The molecule has 0 amide bonds. The smallest absolute Gasteiger partial charge is 0.195 e. The molecule has 0 saturated heterocycles. The first-order valence-electron chi connectivity index (χ1n) is 5.56. The lowest BCUT2D eigenvalue weighted by molar-refractivity contribution is 0.103. The van der Waals surface area contributed by atoms with Crippen molar-refractivity contribution in [1.82, 2.24) is 0 Å². The standard InChI is InChI=1S/C14H10BrClFNO2/c1-20-7-2-3-8(11(16)4-7)14(19)9-5-13(18)12(17)6-10(9)15/h2-6H,18H2,1H3. The van der Waals surface area contributed by atoms with Crippen molar-refractivity contribution in [2.75, 3.05) is 12.8 Å². The number of hydrogen-bond donors (Lipinski definition) is 1. The Kier molecular flexibility index (Phi) is 4.30. The second-order valence-electron chi connectivity index (χ2n) is 4.03. The van der Waals surface area contributed by atoms with Gasteiger partial charge in [0.05, 0.1) is 17.8 Å². The Morgan fingerprint density at radius 2 is 2.00 bits per heavy atom. The van der Waals surface area contributed by atoms with E-state index in [4.69, 9.17) is 22.1 Å². The van der Waals surface area contributed by atoms with E-state index in [1.807, 2.05) is 0 Å². The summed E-state index contributed by atoms with van der Waals surface area (Å²) in [4.78, 5) is 12.4. The largest absolute Gasteiger partial charge is 0.497 e. The molecule has 0 saturated carbocycles. The number of anilines is 1. The van der Waals surface area contributed by atoms with Crippen LogP contribution in [-0.4, -0.2) is 12.9 Å². The first-order valence-corrected chi connectivity index (χ1v) is 6.74. The summed E-state index contributed by atoms with van der Waals surface area (Å²) in [7, 11) is 1.50. The van der Waals surface area contributed by atoms with Crippen LogP contribution >= 0.6 is 27.5 Å². The Hall–Kier alpha value is -1.59. The highest BCUT2D eigenvalue weighted by Crippen LogP contribution is 2.29. The van der Waals surface area contributed by atoms with Gasteiger partial charge in [0.25, 0.3) is 0 Å². The zero-order chi connectivity index (χ0) is 14.9. The lowest BCUT2D eigenvalue weighted by atomic mass is 10.0. The number of rotatable bonds is 3. The van der Waals surface area contributed by atoms with E-state index in [1.54, 1.807) is 12.1 Å². The molecule has 0 radical (unpaired) electrons. The Balaban J connectivity index is 2.49. The van der Waals surface area contributed by atoms with E-state index in [0.717, 1.165) is 6.07 Å². The second kappa shape index (κ2) is 5.81. The predicted molar refractivity (Wildman–Crippen MR) is 79.9 cm³/mol. The van der Waals surface area contributed by atoms with Crippen LogP contribution in [0, 0.1) is 5.82 Å².